The maximum Gasteiger partial charge on any atom is 0.312 e. The molecule has 0 unspecified atom stereocenters. The molecule has 2 heterocycles. The van der Waals surface area contributed by atoms with Crippen LogP contribution in [-0.2, 0) is 4.79 Å². The summed E-state index contributed by atoms with van der Waals surface area (Å²) in [6.45, 7) is 0. The summed E-state index contributed by atoms with van der Waals surface area (Å²) in [6.07, 6.45) is -0.0775. The molecule has 0 saturated heterocycles. The van der Waals surface area contributed by atoms with Crippen LogP contribution in [-0.4, -0.2) is 37.5 Å². The topological polar surface area (TPSA) is 125 Å². The van der Waals surface area contributed by atoms with Crippen LogP contribution < -0.4 is 24.4 Å². The van der Waals surface area contributed by atoms with Crippen LogP contribution >= 0.6 is 0 Å². The van der Waals surface area contributed by atoms with Gasteiger partial charge in [-0.2, -0.15) is 0 Å². The second-order valence-corrected chi connectivity index (χ2v) is 8.21. The SMILES string of the molecule is COc1cc(OC)c([C@H]2CC(=O)Oc3cc(O)c4c(=O)cc(-c5ccc(O)cc5)oc4c32)cc1OC. The number of carbonyl (C=O) groups excluding carboxylic acids is 1. The van der Waals surface area contributed by atoms with Crippen molar-refractivity contribution in [2.75, 3.05) is 21.3 Å². The van der Waals surface area contributed by atoms with Crippen molar-refractivity contribution >= 4 is 16.9 Å². The Morgan fingerprint density at radius 1 is 0.861 bits per heavy atom. The third-order valence-electron chi connectivity index (χ3n) is 6.19. The lowest BCUT2D eigenvalue weighted by atomic mass is 9.84. The highest BCUT2D eigenvalue weighted by Crippen LogP contribution is 2.49. The molecular formula is C27H22O9. The van der Waals surface area contributed by atoms with Gasteiger partial charge in [-0.3, -0.25) is 9.59 Å². The molecule has 1 aromatic heterocycles. The van der Waals surface area contributed by atoms with Gasteiger partial charge >= 0.3 is 5.97 Å². The number of phenols is 2. The van der Waals surface area contributed by atoms with E-state index in [1.54, 1.807) is 24.3 Å². The van der Waals surface area contributed by atoms with Crippen LogP contribution in [0.1, 0.15) is 23.5 Å². The smallest absolute Gasteiger partial charge is 0.312 e. The summed E-state index contributed by atoms with van der Waals surface area (Å²) in [5, 5.41) is 20.2. The van der Waals surface area contributed by atoms with Crippen molar-refractivity contribution in [1.29, 1.82) is 0 Å². The van der Waals surface area contributed by atoms with Gasteiger partial charge in [0, 0.05) is 40.8 Å². The average molecular weight is 490 g/mol. The Bertz CT molecular complexity index is 1550. The Balaban J connectivity index is 1.82. The molecule has 0 spiro atoms. The highest BCUT2D eigenvalue weighted by atomic mass is 16.5. The van der Waals surface area contributed by atoms with Gasteiger partial charge in [-0.1, -0.05) is 0 Å². The minimum atomic E-state index is -0.655. The molecule has 0 radical (unpaired) electrons. The second kappa shape index (κ2) is 8.84. The number of benzene rings is 3. The summed E-state index contributed by atoms with van der Waals surface area (Å²) in [6, 6.07) is 12.0. The van der Waals surface area contributed by atoms with Gasteiger partial charge in [-0.15, -0.1) is 0 Å². The maximum absolute atomic E-state index is 13.1. The molecule has 4 aromatic rings. The number of esters is 1. The third-order valence-corrected chi connectivity index (χ3v) is 6.19. The van der Waals surface area contributed by atoms with Crippen molar-refractivity contribution in [2.45, 2.75) is 12.3 Å². The molecule has 184 valence electrons. The summed E-state index contributed by atoms with van der Waals surface area (Å²) in [5.74, 6) is 0.0804. The number of ether oxygens (including phenoxy) is 4. The van der Waals surface area contributed by atoms with Crippen molar-refractivity contribution in [3.8, 4) is 45.8 Å². The summed E-state index contributed by atoms with van der Waals surface area (Å²) in [4.78, 5) is 25.7. The van der Waals surface area contributed by atoms with E-state index in [4.69, 9.17) is 23.4 Å². The minimum absolute atomic E-state index is 0.0429. The fraction of sp³-hybridized carbons (Fsp3) is 0.185. The molecule has 1 atom stereocenters. The molecule has 2 N–H and O–H groups in total. The lowest BCUT2D eigenvalue weighted by Crippen LogP contribution is -2.22. The Morgan fingerprint density at radius 3 is 2.19 bits per heavy atom. The first kappa shape index (κ1) is 23.1. The quantitative estimate of drug-likeness (QED) is 0.310. The molecule has 0 aliphatic carbocycles. The fourth-order valence-electron chi connectivity index (χ4n) is 4.52. The van der Waals surface area contributed by atoms with E-state index in [0.29, 0.717) is 33.9 Å². The highest BCUT2D eigenvalue weighted by molar-refractivity contribution is 5.93. The van der Waals surface area contributed by atoms with Gasteiger partial charge in [0.15, 0.2) is 16.9 Å². The van der Waals surface area contributed by atoms with Gasteiger partial charge in [0.2, 0.25) is 0 Å². The molecule has 3 aromatic carbocycles. The van der Waals surface area contributed by atoms with Crippen molar-refractivity contribution in [3.05, 3.63) is 69.9 Å². The lowest BCUT2D eigenvalue weighted by Gasteiger charge is -2.27. The zero-order valence-corrected chi connectivity index (χ0v) is 19.7. The monoisotopic (exact) mass is 490 g/mol. The molecule has 0 amide bonds. The Morgan fingerprint density at radius 2 is 1.53 bits per heavy atom. The summed E-state index contributed by atoms with van der Waals surface area (Å²) < 4.78 is 28.1. The molecule has 5 rings (SSSR count). The van der Waals surface area contributed by atoms with Gasteiger partial charge in [-0.05, 0) is 30.3 Å². The van der Waals surface area contributed by atoms with Gasteiger partial charge in [-0.25, -0.2) is 0 Å². The van der Waals surface area contributed by atoms with Crippen LogP contribution in [0.25, 0.3) is 22.3 Å². The van der Waals surface area contributed by atoms with E-state index in [1.165, 1.54) is 45.6 Å². The number of fused-ring (bicyclic) bond motifs is 3. The van der Waals surface area contributed by atoms with Gasteiger partial charge in [0.1, 0.15) is 39.7 Å². The Kier molecular flexibility index (Phi) is 5.68. The van der Waals surface area contributed by atoms with Gasteiger partial charge in [0.05, 0.1) is 27.8 Å². The van der Waals surface area contributed by atoms with Gasteiger partial charge < -0.3 is 33.6 Å². The number of phenolic OH excluding ortho intramolecular Hbond substituents is 2. The van der Waals surface area contributed by atoms with Crippen LogP contribution in [0, 0.1) is 0 Å². The molecule has 1 aliphatic rings. The number of hydrogen-bond donors (Lipinski definition) is 2. The summed E-state index contributed by atoms with van der Waals surface area (Å²) in [7, 11) is 4.48. The van der Waals surface area contributed by atoms with Crippen molar-refractivity contribution in [2.24, 2.45) is 0 Å². The second-order valence-electron chi connectivity index (χ2n) is 8.21. The molecule has 0 bridgehead atoms. The normalized spacial score (nSPS) is 14.8. The first-order valence-electron chi connectivity index (χ1n) is 11.0. The van der Waals surface area contributed by atoms with Crippen molar-refractivity contribution in [3.63, 3.8) is 0 Å². The van der Waals surface area contributed by atoms with Crippen LogP contribution in [0.2, 0.25) is 0 Å². The Hall–Kier alpha value is -4.66. The summed E-state index contributed by atoms with van der Waals surface area (Å²) in [5.41, 5.74) is 1.13. The first-order valence-corrected chi connectivity index (χ1v) is 11.0. The highest BCUT2D eigenvalue weighted by Gasteiger charge is 2.35. The average Bonchev–Trinajstić information content (AvgIpc) is 2.87. The van der Waals surface area contributed by atoms with Crippen molar-refractivity contribution in [1.82, 2.24) is 0 Å². The van der Waals surface area contributed by atoms with Crippen LogP contribution in [0.15, 0.2) is 57.7 Å². The third kappa shape index (κ3) is 3.74. The van der Waals surface area contributed by atoms with E-state index in [2.05, 4.69) is 0 Å². The molecule has 0 saturated carbocycles. The first-order chi connectivity index (χ1) is 17.3. The standard InChI is InChI=1S/C27H22O9/c1-32-20-12-22(34-3)21(33-2)8-15(20)16-9-24(31)35-23-11-18(30)26-17(29)10-19(36-27(26)25(16)23)13-4-6-14(28)7-5-13/h4-8,10-12,16,28,30H,9H2,1-3H3/t16-/m1/s1. The van der Waals surface area contributed by atoms with Crippen LogP contribution in [0.5, 0.6) is 34.5 Å². The number of carbonyl (C=O) groups is 1. The Labute approximate surface area is 205 Å². The largest absolute Gasteiger partial charge is 0.508 e. The number of aromatic hydroxyl groups is 2. The number of rotatable bonds is 5. The molecule has 1 aliphatic heterocycles. The van der Waals surface area contributed by atoms with E-state index < -0.39 is 17.3 Å². The predicted octanol–water partition coefficient (Wildman–Crippen LogP) is 4.34. The molecular weight excluding hydrogens is 468 g/mol. The lowest BCUT2D eigenvalue weighted by molar-refractivity contribution is -0.135. The van der Waals surface area contributed by atoms with E-state index in [-0.39, 0.29) is 40.4 Å². The maximum atomic E-state index is 13.1. The van der Waals surface area contributed by atoms with Crippen LogP contribution in [0.4, 0.5) is 0 Å². The van der Waals surface area contributed by atoms with E-state index >= 15 is 0 Å². The van der Waals surface area contributed by atoms with E-state index in [1.807, 2.05) is 0 Å². The zero-order chi connectivity index (χ0) is 25.6. The summed E-state index contributed by atoms with van der Waals surface area (Å²) >= 11 is 0. The molecule has 9 nitrogen and oxygen atoms in total. The van der Waals surface area contributed by atoms with Crippen LogP contribution in [0.3, 0.4) is 0 Å². The number of methoxy groups -OCH3 is 3. The molecule has 36 heavy (non-hydrogen) atoms. The predicted molar refractivity (Wildman–Crippen MR) is 129 cm³/mol. The minimum Gasteiger partial charge on any atom is -0.508 e. The van der Waals surface area contributed by atoms with Crippen molar-refractivity contribution < 1.29 is 38.4 Å². The zero-order valence-electron chi connectivity index (χ0n) is 19.7. The molecule has 9 heteroatoms. The fourth-order valence-corrected chi connectivity index (χ4v) is 4.52. The number of hydrogen-bond acceptors (Lipinski definition) is 9. The molecule has 0 fully saturated rings. The van der Waals surface area contributed by atoms with E-state index in [0.717, 1.165) is 0 Å². The van der Waals surface area contributed by atoms with Gasteiger partial charge in [0.25, 0.3) is 0 Å². The van der Waals surface area contributed by atoms with E-state index in [9.17, 15) is 19.8 Å².